The van der Waals surface area contributed by atoms with Crippen molar-refractivity contribution in [2.45, 2.75) is 13.3 Å². The predicted molar refractivity (Wildman–Crippen MR) is 70.9 cm³/mol. The topological polar surface area (TPSA) is 33.0 Å². The molecule has 4 heteroatoms. The lowest BCUT2D eigenvalue weighted by atomic mass is 10.1. The monoisotopic (exact) mass is 274 g/mol. The first kappa shape index (κ1) is 13.4. The summed E-state index contributed by atoms with van der Waals surface area (Å²) in [6, 6.07) is 12.4. The van der Waals surface area contributed by atoms with Crippen molar-refractivity contribution in [3.63, 3.8) is 0 Å². The molecule has 0 N–H and O–H groups in total. The summed E-state index contributed by atoms with van der Waals surface area (Å²) in [7, 11) is 0. The van der Waals surface area contributed by atoms with Crippen LogP contribution in [0.3, 0.4) is 0 Å². The molecule has 0 saturated heterocycles. The molecule has 0 aliphatic carbocycles. The van der Waals surface area contributed by atoms with Crippen molar-refractivity contribution in [1.82, 2.24) is 0 Å². The van der Waals surface area contributed by atoms with Gasteiger partial charge in [-0.05, 0) is 42.3 Å². The summed E-state index contributed by atoms with van der Waals surface area (Å²) in [6.45, 7) is 1.96. The van der Waals surface area contributed by atoms with Crippen molar-refractivity contribution >= 4 is 11.6 Å². The van der Waals surface area contributed by atoms with E-state index in [1.165, 1.54) is 12.1 Å². The number of hydrogen-bond acceptors (Lipinski definition) is 2. The van der Waals surface area contributed by atoms with Gasteiger partial charge in [0.1, 0.15) is 5.75 Å². The first-order valence-corrected chi connectivity index (χ1v) is 6.09. The number of nitrogens with zero attached hydrogens (tertiary/aromatic N) is 1. The Morgan fingerprint density at radius 2 is 2.21 bits per heavy atom. The molecule has 1 radical (unpaired) electrons. The molecule has 0 bridgehead atoms. The van der Waals surface area contributed by atoms with Gasteiger partial charge in [0.2, 0.25) is 0 Å². The van der Waals surface area contributed by atoms with Gasteiger partial charge in [-0.25, -0.2) is 4.39 Å². The van der Waals surface area contributed by atoms with E-state index in [-0.39, 0.29) is 10.8 Å². The van der Waals surface area contributed by atoms with Gasteiger partial charge in [0.05, 0.1) is 16.7 Å². The van der Waals surface area contributed by atoms with Gasteiger partial charge in [-0.1, -0.05) is 18.5 Å². The van der Waals surface area contributed by atoms with Gasteiger partial charge >= 0.3 is 0 Å². The number of hydrogen-bond donors (Lipinski definition) is 0. The normalized spacial score (nSPS) is 10.0. The fourth-order valence-electron chi connectivity index (χ4n) is 1.63. The van der Waals surface area contributed by atoms with Crippen LogP contribution in [0, 0.1) is 23.2 Å². The highest BCUT2D eigenvalue weighted by molar-refractivity contribution is 6.32. The second-order valence-corrected chi connectivity index (χ2v) is 4.31. The third-order valence-corrected chi connectivity index (χ3v) is 2.88. The molecule has 0 atom stereocenters. The zero-order chi connectivity index (χ0) is 13.8. The van der Waals surface area contributed by atoms with Crippen molar-refractivity contribution in [3.8, 4) is 17.6 Å². The SMILES string of the molecule is CCc1cc(C#N)cc(Oc2c(F)[c]ccc2Cl)c1. The van der Waals surface area contributed by atoms with Crippen molar-refractivity contribution in [1.29, 1.82) is 5.26 Å². The van der Waals surface area contributed by atoms with Crippen LogP contribution in [0.25, 0.3) is 0 Å². The van der Waals surface area contributed by atoms with E-state index in [4.69, 9.17) is 21.6 Å². The molecule has 2 aromatic carbocycles. The van der Waals surface area contributed by atoms with Crippen molar-refractivity contribution in [3.05, 3.63) is 58.4 Å². The summed E-state index contributed by atoms with van der Waals surface area (Å²) in [6.07, 6.45) is 0.753. The molecule has 0 amide bonds. The molecule has 0 aliphatic rings. The minimum absolute atomic E-state index is 0.0821. The highest BCUT2D eigenvalue weighted by Crippen LogP contribution is 2.32. The molecule has 2 rings (SSSR count). The molecule has 95 valence electrons. The van der Waals surface area contributed by atoms with Crippen LogP contribution in [0.5, 0.6) is 11.5 Å². The lowest BCUT2D eigenvalue weighted by Gasteiger charge is -2.10. The van der Waals surface area contributed by atoms with E-state index in [0.29, 0.717) is 11.3 Å². The third kappa shape index (κ3) is 3.04. The summed E-state index contributed by atoms with van der Waals surface area (Å²) < 4.78 is 19.0. The summed E-state index contributed by atoms with van der Waals surface area (Å²) in [5, 5.41) is 9.11. The van der Waals surface area contributed by atoms with Crippen LogP contribution in [0.1, 0.15) is 18.1 Å². The van der Waals surface area contributed by atoms with E-state index < -0.39 is 5.82 Å². The molecule has 2 nitrogen and oxygen atoms in total. The van der Waals surface area contributed by atoms with Gasteiger partial charge in [0.25, 0.3) is 0 Å². The van der Waals surface area contributed by atoms with Gasteiger partial charge in [0, 0.05) is 6.07 Å². The minimum Gasteiger partial charge on any atom is -0.453 e. The maximum Gasteiger partial charge on any atom is 0.182 e. The zero-order valence-corrected chi connectivity index (χ0v) is 11.0. The largest absolute Gasteiger partial charge is 0.453 e. The molecule has 0 spiro atoms. The average molecular weight is 275 g/mol. The fourth-order valence-corrected chi connectivity index (χ4v) is 1.82. The van der Waals surface area contributed by atoms with Crippen LogP contribution >= 0.6 is 11.6 Å². The van der Waals surface area contributed by atoms with Crippen molar-refractivity contribution < 1.29 is 9.13 Å². The molecule has 0 heterocycles. The predicted octanol–water partition coefficient (Wildman–Crippen LogP) is 4.51. The molecule has 0 aliphatic heterocycles. The van der Waals surface area contributed by atoms with Gasteiger partial charge in [-0.3, -0.25) is 0 Å². The smallest absolute Gasteiger partial charge is 0.182 e. The molecule has 0 unspecified atom stereocenters. The summed E-state index contributed by atoms with van der Waals surface area (Å²) in [5.41, 5.74) is 1.40. The summed E-state index contributed by atoms with van der Waals surface area (Å²) >= 11 is 5.88. The highest BCUT2D eigenvalue weighted by atomic mass is 35.5. The van der Waals surface area contributed by atoms with E-state index in [2.05, 4.69) is 6.07 Å². The Hall–Kier alpha value is -2.05. The Kier molecular flexibility index (Phi) is 4.03. The molecule has 0 saturated carbocycles. The number of benzene rings is 2. The zero-order valence-electron chi connectivity index (χ0n) is 10.2. The van der Waals surface area contributed by atoms with Crippen molar-refractivity contribution in [2.75, 3.05) is 0 Å². The molecule has 19 heavy (non-hydrogen) atoms. The van der Waals surface area contributed by atoms with Crippen LogP contribution in [0.15, 0.2) is 30.3 Å². The number of nitriles is 1. The van der Waals surface area contributed by atoms with Gasteiger partial charge < -0.3 is 4.74 Å². The van der Waals surface area contributed by atoms with Crippen LogP contribution in [-0.4, -0.2) is 0 Å². The lowest BCUT2D eigenvalue weighted by Crippen LogP contribution is -1.92. The quantitative estimate of drug-likeness (QED) is 0.825. The number of aryl methyl sites for hydroxylation is 1. The number of ether oxygens (including phenoxy) is 1. The van der Waals surface area contributed by atoms with E-state index in [1.54, 1.807) is 18.2 Å². The maximum atomic E-state index is 13.6. The molecular formula is C15H10ClFNO. The molecule has 0 fully saturated rings. The maximum absolute atomic E-state index is 13.6. The fraction of sp³-hybridized carbons (Fsp3) is 0.133. The molecule has 2 aromatic rings. The van der Waals surface area contributed by atoms with Gasteiger partial charge in [-0.15, -0.1) is 0 Å². The van der Waals surface area contributed by atoms with E-state index in [1.807, 2.05) is 13.0 Å². The Balaban J connectivity index is 2.41. The minimum atomic E-state index is -0.659. The van der Waals surface area contributed by atoms with Crippen LogP contribution < -0.4 is 4.74 Å². The van der Waals surface area contributed by atoms with Gasteiger partial charge in [-0.2, -0.15) is 5.26 Å². The van der Waals surface area contributed by atoms with Crippen LogP contribution in [0.4, 0.5) is 4.39 Å². The van der Waals surface area contributed by atoms with E-state index >= 15 is 0 Å². The van der Waals surface area contributed by atoms with Gasteiger partial charge in [0.15, 0.2) is 11.6 Å². The summed E-state index contributed by atoms with van der Waals surface area (Å²) in [5.74, 6) is -0.356. The van der Waals surface area contributed by atoms with E-state index in [0.717, 1.165) is 12.0 Å². The second-order valence-electron chi connectivity index (χ2n) is 3.90. The Labute approximate surface area is 116 Å². The standard InChI is InChI=1S/C15H10ClFNO/c1-2-10-6-11(9-18)8-12(7-10)19-15-13(16)4-3-5-14(15)17/h3-4,6-8H,2H2,1H3. The number of rotatable bonds is 3. The first-order chi connectivity index (χ1) is 9.13. The third-order valence-electron chi connectivity index (χ3n) is 2.58. The Morgan fingerprint density at radius 3 is 2.84 bits per heavy atom. The lowest BCUT2D eigenvalue weighted by molar-refractivity contribution is 0.441. The molecule has 0 aromatic heterocycles. The summed E-state index contributed by atoms with van der Waals surface area (Å²) in [4.78, 5) is 0. The van der Waals surface area contributed by atoms with Crippen LogP contribution in [0.2, 0.25) is 5.02 Å². The van der Waals surface area contributed by atoms with Crippen LogP contribution in [-0.2, 0) is 6.42 Å². The Morgan fingerprint density at radius 1 is 1.42 bits per heavy atom. The van der Waals surface area contributed by atoms with Crippen molar-refractivity contribution in [2.24, 2.45) is 0 Å². The second kappa shape index (κ2) is 5.73. The van der Waals surface area contributed by atoms with E-state index in [9.17, 15) is 4.39 Å². The Bertz CT molecular complexity index is 629. The molecular weight excluding hydrogens is 265 g/mol. The highest BCUT2D eigenvalue weighted by Gasteiger charge is 2.10. The first-order valence-electron chi connectivity index (χ1n) is 5.71. The number of halogens is 2. The average Bonchev–Trinajstić information content (AvgIpc) is 2.42.